The number of benzene rings is 1. The molecule has 1 atom stereocenters. The van der Waals surface area contributed by atoms with Crippen LogP contribution in [0.1, 0.15) is 31.1 Å². The van der Waals surface area contributed by atoms with Gasteiger partial charge >= 0.3 is 11.9 Å². The molecule has 0 N–H and O–H groups in total. The average molecular weight is 316 g/mol. The smallest absolute Gasteiger partial charge is 0.347 e. The van der Waals surface area contributed by atoms with Crippen molar-refractivity contribution in [2.24, 2.45) is 0 Å². The lowest BCUT2D eigenvalue weighted by Gasteiger charge is -2.14. The molecule has 1 rings (SSSR count). The molecular formula is C13H14ClNO6. The maximum Gasteiger partial charge on any atom is 0.347 e. The minimum atomic E-state index is -1.12. The Hall–Kier alpha value is -2.15. The number of nitrogens with zero attached hydrogens (tertiary/aromatic N) is 1. The van der Waals surface area contributed by atoms with Crippen LogP contribution in [-0.2, 0) is 14.3 Å². The molecule has 0 fully saturated rings. The van der Waals surface area contributed by atoms with Gasteiger partial charge in [0.25, 0.3) is 5.69 Å². The molecule has 0 heterocycles. The van der Waals surface area contributed by atoms with Gasteiger partial charge in [0.05, 0.1) is 16.6 Å². The normalized spacial score (nSPS) is 11.9. The van der Waals surface area contributed by atoms with Crippen molar-refractivity contribution < 1.29 is 24.0 Å². The number of rotatable bonds is 5. The van der Waals surface area contributed by atoms with Crippen LogP contribution in [0.4, 0.5) is 5.69 Å². The molecule has 8 heteroatoms. The summed E-state index contributed by atoms with van der Waals surface area (Å²) in [5, 5.41) is 10.6. The van der Waals surface area contributed by atoms with Crippen LogP contribution in [0.15, 0.2) is 18.2 Å². The summed E-state index contributed by atoms with van der Waals surface area (Å²) in [6.45, 7) is 4.68. The number of carbonyl (C=O) groups is 2. The van der Waals surface area contributed by atoms with Crippen LogP contribution >= 0.6 is 11.6 Å². The highest BCUT2D eigenvalue weighted by Gasteiger charge is 2.23. The molecule has 0 aromatic heterocycles. The van der Waals surface area contributed by atoms with Gasteiger partial charge in [0.1, 0.15) is 5.02 Å². The topological polar surface area (TPSA) is 95.7 Å². The first-order valence-electron chi connectivity index (χ1n) is 6.07. The number of ether oxygens (including phenoxy) is 2. The zero-order chi connectivity index (χ0) is 16.2. The zero-order valence-corrected chi connectivity index (χ0v) is 12.4. The summed E-state index contributed by atoms with van der Waals surface area (Å²) < 4.78 is 9.78. The first-order valence-corrected chi connectivity index (χ1v) is 6.45. The molecule has 7 nitrogen and oxygen atoms in total. The van der Waals surface area contributed by atoms with Crippen LogP contribution in [0.25, 0.3) is 0 Å². The second-order valence-corrected chi connectivity index (χ2v) is 4.86. The van der Waals surface area contributed by atoms with E-state index in [9.17, 15) is 19.7 Å². The molecule has 0 aliphatic heterocycles. The van der Waals surface area contributed by atoms with E-state index < -0.39 is 28.7 Å². The van der Waals surface area contributed by atoms with Gasteiger partial charge in [-0.05, 0) is 32.9 Å². The first kappa shape index (κ1) is 16.9. The predicted molar refractivity (Wildman–Crippen MR) is 74.2 cm³/mol. The quantitative estimate of drug-likeness (QED) is 0.471. The van der Waals surface area contributed by atoms with Crippen LogP contribution in [0.3, 0.4) is 0 Å². The Morgan fingerprint density at radius 1 is 1.24 bits per heavy atom. The lowest BCUT2D eigenvalue weighted by Crippen LogP contribution is -2.28. The van der Waals surface area contributed by atoms with Crippen molar-refractivity contribution >= 4 is 29.2 Å². The third-order valence-corrected chi connectivity index (χ3v) is 2.67. The van der Waals surface area contributed by atoms with E-state index in [4.69, 9.17) is 21.1 Å². The number of nitro groups is 1. The average Bonchev–Trinajstić information content (AvgIpc) is 2.37. The van der Waals surface area contributed by atoms with E-state index in [1.54, 1.807) is 13.8 Å². The van der Waals surface area contributed by atoms with Gasteiger partial charge in [0.2, 0.25) is 0 Å². The fourth-order valence-corrected chi connectivity index (χ4v) is 1.57. The standard InChI is InChI=1S/C13H14ClNO6/c1-7(2)20-12(16)8(3)21-13(17)9-4-5-10(14)11(6-9)15(18)19/h4-8H,1-3H3. The van der Waals surface area contributed by atoms with Gasteiger partial charge < -0.3 is 9.47 Å². The van der Waals surface area contributed by atoms with Gasteiger partial charge in [-0.15, -0.1) is 0 Å². The van der Waals surface area contributed by atoms with Crippen LogP contribution in [0.5, 0.6) is 0 Å². The summed E-state index contributed by atoms with van der Waals surface area (Å²) in [6, 6.07) is 3.48. The molecular weight excluding hydrogens is 302 g/mol. The number of hydrogen-bond acceptors (Lipinski definition) is 6. The second-order valence-electron chi connectivity index (χ2n) is 4.46. The summed E-state index contributed by atoms with van der Waals surface area (Å²) in [5.41, 5.74) is -0.487. The minimum Gasteiger partial charge on any atom is -0.460 e. The number of nitro benzene ring substituents is 1. The lowest BCUT2D eigenvalue weighted by molar-refractivity contribution is -0.384. The fraction of sp³-hybridized carbons (Fsp3) is 0.385. The van der Waals surface area contributed by atoms with E-state index >= 15 is 0 Å². The molecule has 0 saturated heterocycles. The Morgan fingerprint density at radius 2 is 1.86 bits per heavy atom. The Balaban J connectivity index is 2.83. The van der Waals surface area contributed by atoms with Gasteiger partial charge in [0, 0.05) is 6.07 Å². The molecule has 0 radical (unpaired) electrons. The second kappa shape index (κ2) is 7.03. The van der Waals surface area contributed by atoms with E-state index in [2.05, 4.69) is 0 Å². The largest absolute Gasteiger partial charge is 0.460 e. The van der Waals surface area contributed by atoms with E-state index in [1.807, 2.05) is 0 Å². The van der Waals surface area contributed by atoms with Gasteiger partial charge in [-0.1, -0.05) is 11.6 Å². The maximum absolute atomic E-state index is 11.8. The van der Waals surface area contributed by atoms with Crippen LogP contribution in [0, 0.1) is 10.1 Å². The Kier molecular flexibility index (Phi) is 5.66. The van der Waals surface area contributed by atoms with Crippen molar-refractivity contribution in [1.29, 1.82) is 0 Å². The van der Waals surface area contributed by atoms with Crippen LogP contribution < -0.4 is 0 Å². The number of carbonyl (C=O) groups excluding carboxylic acids is 2. The molecule has 0 spiro atoms. The van der Waals surface area contributed by atoms with Gasteiger partial charge in [-0.25, -0.2) is 9.59 Å². The van der Waals surface area contributed by atoms with Crippen molar-refractivity contribution in [1.82, 2.24) is 0 Å². The van der Waals surface area contributed by atoms with Crippen LogP contribution in [0.2, 0.25) is 5.02 Å². The summed E-state index contributed by atoms with van der Waals surface area (Å²) in [4.78, 5) is 33.4. The summed E-state index contributed by atoms with van der Waals surface area (Å²) in [7, 11) is 0. The van der Waals surface area contributed by atoms with Crippen molar-refractivity contribution in [3.8, 4) is 0 Å². The van der Waals surface area contributed by atoms with Crippen molar-refractivity contribution in [2.45, 2.75) is 33.0 Å². The Labute approximate surface area is 125 Å². The highest BCUT2D eigenvalue weighted by atomic mass is 35.5. The third-order valence-electron chi connectivity index (χ3n) is 2.35. The molecule has 114 valence electrons. The van der Waals surface area contributed by atoms with E-state index in [0.717, 1.165) is 6.07 Å². The molecule has 0 saturated carbocycles. The fourth-order valence-electron chi connectivity index (χ4n) is 1.38. The van der Waals surface area contributed by atoms with Crippen LogP contribution in [-0.4, -0.2) is 29.1 Å². The molecule has 1 unspecified atom stereocenters. The van der Waals surface area contributed by atoms with Gasteiger partial charge in [0.15, 0.2) is 6.10 Å². The first-order chi connectivity index (χ1) is 9.72. The van der Waals surface area contributed by atoms with Gasteiger partial charge in [-0.3, -0.25) is 10.1 Å². The third kappa shape index (κ3) is 4.71. The van der Waals surface area contributed by atoms with Crippen molar-refractivity contribution in [3.63, 3.8) is 0 Å². The minimum absolute atomic E-state index is 0.0738. The number of esters is 2. The summed E-state index contributed by atoms with van der Waals surface area (Å²) in [5.74, 6) is -1.57. The molecule has 0 aliphatic rings. The molecule has 21 heavy (non-hydrogen) atoms. The Bertz CT molecular complexity index is 572. The SMILES string of the molecule is CC(C)OC(=O)C(C)OC(=O)c1ccc(Cl)c([N+](=O)[O-])c1. The molecule has 0 amide bonds. The van der Waals surface area contributed by atoms with E-state index in [-0.39, 0.29) is 16.7 Å². The number of hydrogen-bond donors (Lipinski definition) is 0. The highest BCUT2D eigenvalue weighted by molar-refractivity contribution is 6.32. The Morgan fingerprint density at radius 3 is 2.38 bits per heavy atom. The summed E-state index contributed by atoms with van der Waals surface area (Å²) >= 11 is 5.64. The van der Waals surface area contributed by atoms with Gasteiger partial charge in [-0.2, -0.15) is 0 Å². The lowest BCUT2D eigenvalue weighted by atomic mass is 10.2. The molecule has 1 aromatic carbocycles. The van der Waals surface area contributed by atoms with E-state index in [1.165, 1.54) is 19.1 Å². The van der Waals surface area contributed by atoms with E-state index in [0.29, 0.717) is 0 Å². The molecule has 1 aromatic rings. The predicted octanol–water partition coefficient (Wildman–Crippen LogP) is 2.75. The highest BCUT2D eigenvalue weighted by Crippen LogP contribution is 2.25. The van der Waals surface area contributed by atoms with Crippen molar-refractivity contribution in [3.05, 3.63) is 38.9 Å². The maximum atomic E-state index is 11.8. The zero-order valence-electron chi connectivity index (χ0n) is 11.7. The summed E-state index contributed by atoms with van der Waals surface area (Å²) in [6.07, 6.45) is -1.45. The molecule has 0 bridgehead atoms. The monoisotopic (exact) mass is 315 g/mol. The van der Waals surface area contributed by atoms with Crippen molar-refractivity contribution in [2.75, 3.05) is 0 Å². The molecule has 0 aliphatic carbocycles. The number of halogens is 1.